The molecule has 1 aromatic heterocycles. The summed E-state index contributed by atoms with van der Waals surface area (Å²) in [5.74, 6) is 0.900. The Balaban J connectivity index is 2.14. The Morgan fingerprint density at radius 2 is 1.67 bits per heavy atom. The van der Waals surface area contributed by atoms with E-state index in [1.165, 1.54) is 0 Å². The van der Waals surface area contributed by atoms with Gasteiger partial charge < -0.3 is 4.74 Å². The van der Waals surface area contributed by atoms with E-state index in [0.29, 0.717) is 0 Å². The van der Waals surface area contributed by atoms with Crippen LogP contribution in [0.1, 0.15) is 33.3 Å². The summed E-state index contributed by atoms with van der Waals surface area (Å²) >= 11 is 1.67. The Kier molecular flexibility index (Phi) is 4.92. The van der Waals surface area contributed by atoms with Crippen LogP contribution in [0, 0.1) is 0 Å². The van der Waals surface area contributed by atoms with Gasteiger partial charge in [0.25, 0.3) is 0 Å². The van der Waals surface area contributed by atoms with E-state index >= 15 is 0 Å². The van der Waals surface area contributed by atoms with Crippen molar-refractivity contribution in [3.05, 3.63) is 87.6 Å². The number of carbonyl (C=O) groups is 1. The molecular formula is C21H18O2S. The quantitative estimate of drug-likeness (QED) is 0.452. The molecule has 3 aromatic rings. The molecule has 1 heterocycles. The van der Waals surface area contributed by atoms with E-state index in [9.17, 15) is 4.79 Å². The number of hydrogen-bond donors (Lipinski definition) is 0. The van der Waals surface area contributed by atoms with Crippen molar-refractivity contribution in [1.82, 2.24) is 0 Å². The van der Waals surface area contributed by atoms with Gasteiger partial charge in [0.1, 0.15) is 5.75 Å². The van der Waals surface area contributed by atoms with Crippen LogP contribution in [-0.4, -0.2) is 12.9 Å². The molecule has 2 aromatic carbocycles. The normalized spacial score (nSPS) is 11.3. The van der Waals surface area contributed by atoms with Gasteiger partial charge >= 0.3 is 0 Å². The summed E-state index contributed by atoms with van der Waals surface area (Å²) in [5, 5.41) is 2.05. The third-order valence-electron chi connectivity index (χ3n) is 3.81. The summed E-state index contributed by atoms with van der Waals surface area (Å²) in [6.45, 7) is 1.61. The molecule has 3 heteroatoms. The maximum absolute atomic E-state index is 12.0. The standard InChI is InChI=1S/C21H18O2S/c1-15(22)18-6-3-4-7-19(18)20(21-8-5-13-24-21)14-16-9-11-17(23-2)12-10-16/h3-14H,1-2H3. The fourth-order valence-electron chi connectivity index (χ4n) is 2.61. The van der Waals surface area contributed by atoms with Gasteiger partial charge in [-0.05, 0) is 47.7 Å². The second kappa shape index (κ2) is 7.28. The van der Waals surface area contributed by atoms with Gasteiger partial charge in [-0.25, -0.2) is 0 Å². The van der Waals surface area contributed by atoms with E-state index < -0.39 is 0 Å². The Hall–Kier alpha value is -2.65. The highest BCUT2D eigenvalue weighted by molar-refractivity contribution is 7.11. The van der Waals surface area contributed by atoms with Crippen molar-refractivity contribution in [3.8, 4) is 5.75 Å². The van der Waals surface area contributed by atoms with Crippen LogP contribution in [0.5, 0.6) is 5.75 Å². The van der Waals surface area contributed by atoms with E-state index in [1.807, 2.05) is 60.0 Å². The van der Waals surface area contributed by atoms with E-state index in [0.717, 1.165) is 32.9 Å². The van der Waals surface area contributed by atoms with Crippen molar-refractivity contribution in [2.24, 2.45) is 0 Å². The van der Waals surface area contributed by atoms with Crippen molar-refractivity contribution >= 4 is 28.8 Å². The summed E-state index contributed by atoms with van der Waals surface area (Å²) in [6.07, 6.45) is 2.12. The van der Waals surface area contributed by atoms with Crippen LogP contribution in [0.3, 0.4) is 0 Å². The molecule has 0 fully saturated rings. The van der Waals surface area contributed by atoms with Crippen molar-refractivity contribution in [1.29, 1.82) is 0 Å². The van der Waals surface area contributed by atoms with Gasteiger partial charge in [-0.2, -0.15) is 0 Å². The maximum Gasteiger partial charge on any atom is 0.160 e. The van der Waals surface area contributed by atoms with Crippen LogP contribution in [-0.2, 0) is 0 Å². The Morgan fingerprint density at radius 3 is 2.25 bits per heavy atom. The molecule has 0 saturated heterocycles. The number of Topliss-reactive ketones (excluding diaryl/α,β-unsaturated/α-hetero) is 1. The van der Waals surface area contributed by atoms with E-state index in [4.69, 9.17) is 4.74 Å². The molecule has 0 saturated carbocycles. The molecule has 0 radical (unpaired) electrons. The van der Waals surface area contributed by atoms with E-state index in [-0.39, 0.29) is 5.78 Å². The van der Waals surface area contributed by atoms with Crippen molar-refractivity contribution in [3.63, 3.8) is 0 Å². The van der Waals surface area contributed by atoms with Gasteiger partial charge in [0.2, 0.25) is 0 Å². The lowest BCUT2D eigenvalue weighted by molar-refractivity contribution is 0.101. The summed E-state index contributed by atoms with van der Waals surface area (Å²) < 4.78 is 5.22. The van der Waals surface area contributed by atoms with Gasteiger partial charge in [-0.15, -0.1) is 11.3 Å². The number of thiophene rings is 1. The highest BCUT2D eigenvalue weighted by Gasteiger charge is 2.13. The Bertz CT molecular complexity index is 859. The topological polar surface area (TPSA) is 26.3 Å². The smallest absolute Gasteiger partial charge is 0.160 e. The molecule has 3 rings (SSSR count). The minimum absolute atomic E-state index is 0.0720. The van der Waals surface area contributed by atoms with Crippen molar-refractivity contribution in [2.75, 3.05) is 7.11 Å². The highest BCUT2D eigenvalue weighted by Crippen LogP contribution is 2.32. The molecule has 0 amide bonds. The highest BCUT2D eigenvalue weighted by atomic mass is 32.1. The van der Waals surface area contributed by atoms with Crippen molar-refractivity contribution in [2.45, 2.75) is 6.92 Å². The van der Waals surface area contributed by atoms with Crippen LogP contribution in [0.15, 0.2) is 66.0 Å². The predicted molar refractivity (Wildman–Crippen MR) is 101 cm³/mol. The molecule has 24 heavy (non-hydrogen) atoms. The van der Waals surface area contributed by atoms with Gasteiger partial charge in [0.05, 0.1) is 7.11 Å². The third kappa shape index (κ3) is 3.47. The van der Waals surface area contributed by atoms with Crippen LogP contribution in [0.25, 0.3) is 11.6 Å². The number of ketones is 1. The van der Waals surface area contributed by atoms with Gasteiger partial charge in [-0.1, -0.05) is 42.5 Å². The summed E-state index contributed by atoms with van der Waals surface area (Å²) in [6, 6.07) is 19.8. The number of rotatable bonds is 5. The first-order valence-corrected chi connectivity index (χ1v) is 8.57. The lowest BCUT2D eigenvalue weighted by atomic mass is 9.95. The van der Waals surface area contributed by atoms with E-state index in [2.05, 4.69) is 12.1 Å². The fraction of sp³-hybridized carbons (Fsp3) is 0.0952. The molecule has 0 atom stereocenters. The molecular weight excluding hydrogens is 316 g/mol. The lowest BCUT2D eigenvalue weighted by Crippen LogP contribution is -1.99. The van der Waals surface area contributed by atoms with Crippen LogP contribution in [0.2, 0.25) is 0 Å². The molecule has 0 bridgehead atoms. The predicted octanol–water partition coefficient (Wildman–Crippen LogP) is 5.55. The number of hydrogen-bond acceptors (Lipinski definition) is 3. The third-order valence-corrected chi connectivity index (χ3v) is 4.71. The number of methoxy groups -OCH3 is 1. The van der Waals surface area contributed by atoms with Crippen LogP contribution < -0.4 is 4.74 Å². The van der Waals surface area contributed by atoms with Crippen LogP contribution in [0.4, 0.5) is 0 Å². The monoisotopic (exact) mass is 334 g/mol. The largest absolute Gasteiger partial charge is 0.497 e. The SMILES string of the molecule is COc1ccc(C=C(c2cccs2)c2ccccc2C(C)=O)cc1. The second-order valence-corrected chi connectivity index (χ2v) is 6.36. The molecule has 0 aliphatic heterocycles. The van der Waals surface area contributed by atoms with Gasteiger partial charge in [0.15, 0.2) is 5.78 Å². The van der Waals surface area contributed by atoms with E-state index in [1.54, 1.807) is 25.4 Å². The number of carbonyl (C=O) groups excluding carboxylic acids is 1. The first kappa shape index (κ1) is 16.2. The first-order valence-electron chi connectivity index (χ1n) is 7.69. The molecule has 0 aliphatic rings. The minimum atomic E-state index is 0.0720. The molecule has 120 valence electrons. The van der Waals surface area contributed by atoms with Crippen LogP contribution >= 0.6 is 11.3 Å². The average molecular weight is 334 g/mol. The Morgan fingerprint density at radius 1 is 0.958 bits per heavy atom. The molecule has 0 N–H and O–H groups in total. The molecule has 0 spiro atoms. The molecule has 0 unspecified atom stereocenters. The summed E-state index contributed by atoms with van der Waals surface area (Å²) in [5.41, 5.74) is 3.83. The second-order valence-electron chi connectivity index (χ2n) is 5.41. The van der Waals surface area contributed by atoms with Gasteiger partial charge in [0, 0.05) is 16.0 Å². The lowest BCUT2D eigenvalue weighted by Gasteiger charge is -2.11. The average Bonchev–Trinajstić information content (AvgIpc) is 3.14. The first-order chi connectivity index (χ1) is 11.7. The van der Waals surface area contributed by atoms with Gasteiger partial charge in [-0.3, -0.25) is 4.79 Å². The van der Waals surface area contributed by atoms with Crippen molar-refractivity contribution < 1.29 is 9.53 Å². The molecule has 2 nitrogen and oxygen atoms in total. The fourth-order valence-corrected chi connectivity index (χ4v) is 3.36. The minimum Gasteiger partial charge on any atom is -0.497 e. The summed E-state index contributed by atoms with van der Waals surface area (Å²) in [7, 11) is 1.66. The zero-order valence-corrected chi connectivity index (χ0v) is 14.5. The zero-order valence-electron chi connectivity index (χ0n) is 13.7. The number of benzene rings is 2. The maximum atomic E-state index is 12.0. The molecule has 0 aliphatic carbocycles. The summed E-state index contributed by atoms with van der Waals surface area (Å²) in [4.78, 5) is 13.2. The number of ether oxygens (including phenoxy) is 1. The zero-order chi connectivity index (χ0) is 16.9. The Labute approximate surface area is 146 Å².